The normalized spacial score (nSPS) is 10.6. The molecule has 2 heterocycles. The lowest BCUT2D eigenvalue weighted by molar-refractivity contribution is 0.0959. The molecule has 3 N–H and O–H groups in total. The van der Waals surface area contributed by atoms with E-state index in [1.165, 1.54) is 16.2 Å². The van der Waals surface area contributed by atoms with Gasteiger partial charge in [-0.15, -0.1) is 11.3 Å². The smallest absolute Gasteiger partial charge is 0.265 e. The van der Waals surface area contributed by atoms with Gasteiger partial charge >= 0.3 is 0 Å². The third-order valence-corrected chi connectivity index (χ3v) is 5.09. The molecule has 5 nitrogen and oxygen atoms in total. The summed E-state index contributed by atoms with van der Waals surface area (Å²) < 4.78 is 0. The Morgan fingerprint density at radius 3 is 3.00 bits per heavy atom. The molecule has 1 amide bonds. The van der Waals surface area contributed by atoms with Crippen LogP contribution in [0.5, 0.6) is 0 Å². The number of hydrogen-bond acceptors (Lipinski definition) is 6. The van der Waals surface area contributed by atoms with Crippen molar-refractivity contribution < 1.29 is 4.79 Å². The van der Waals surface area contributed by atoms with E-state index in [1.54, 1.807) is 11.3 Å². The van der Waals surface area contributed by atoms with E-state index in [4.69, 9.17) is 5.73 Å². The highest BCUT2D eigenvalue weighted by molar-refractivity contribution is 7.18. The average molecular weight is 324 g/mol. The lowest BCUT2D eigenvalue weighted by atomic mass is 10.3. The molecule has 7 heteroatoms. The van der Waals surface area contributed by atoms with Crippen molar-refractivity contribution in [2.24, 2.45) is 0 Å². The topological polar surface area (TPSA) is 71.2 Å². The van der Waals surface area contributed by atoms with E-state index in [0.717, 1.165) is 24.5 Å². The maximum Gasteiger partial charge on any atom is 0.265 e. The Labute approximate surface area is 132 Å². The zero-order valence-corrected chi connectivity index (χ0v) is 13.9. The fourth-order valence-corrected chi connectivity index (χ4v) is 3.51. The van der Waals surface area contributed by atoms with Gasteiger partial charge in [0.15, 0.2) is 5.13 Å². The summed E-state index contributed by atoms with van der Waals surface area (Å²) in [7, 11) is 1.96. The number of hydrogen-bond donors (Lipinski definition) is 2. The van der Waals surface area contributed by atoms with E-state index >= 15 is 0 Å². The van der Waals surface area contributed by atoms with Gasteiger partial charge in [-0.05, 0) is 24.3 Å². The number of amides is 1. The average Bonchev–Trinajstić information content (AvgIpc) is 3.08. The first-order valence-corrected chi connectivity index (χ1v) is 8.59. The number of rotatable bonds is 7. The van der Waals surface area contributed by atoms with E-state index in [-0.39, 0.29) is 5.91 Å². The van der Waals surface area contributed by atoms with Gasteiger partial charge in [0.2, 0.25) is 0 Å². The molecule has 2 rings (SSSR count). The van der Waals surface area contributed by atoms with Crippen molar-refractivity contribution in [2.45, 2.75) is 19.8 Å². The summed E-state index contributed by atoms with van der Waals surface area (Å²) in [5.74, 6) is 0.171. The molecule has 0 bridgehead atoms. The Hall–Kier alpha value is -1.60. The molecular weight excluding hydrogens is 304 g/mol. The fraction of sp³-hybridized carbons (Fsp3) is 0.429. The number of nitrogens with one attached hydrogen (secondary N) is 1. The second-order valence-corrected chi connectivity index (χ2v) is 6.73. The van der Waals surface area contributed by atoms with Crippen LogP contribution in [0.1, 0.15) is 27.9 Å². The third-order valence-electron chi connectivity index (χ3n) is 2.97. The van der Waals surface area contributed by atoms with Gasteiger partial charge in [-0.25, -0.2) is 4.98 Å². The van der Waals surface area contributed by atoms with E-state index in [1.807, 2.05) is 23.4 Å². The molecule has 0 radical (unpaired) electrons. The molecule has 0 atom stereocenters. The van der Waals surface area contributed by atoms with Crippen LogP contribution in [-0.4, -0.2) is 31.0 Å². The van der Waals surface area contributed by atoms with Crippen molar-refractivity contribution in [1.82, 2.24) is 10.3 Å². The van der Waals surface area contributed by atoms with Crippen LogP contribution >= 0.6 is 22.7 Å². The molecule has 0 aromatic carbocycles. The number of carbonyl (C=O) groups excluding carboxylic acids is 1. The van der Waals surface area contributed by atoms with Crippen molar-refractivity contribution in [3.05, 3.63) is 27.3 Å². The SMILES string of the molecule is CCCN(C)c1nc(N)c(C(=O)NCCc2cccs2)s1. The van der Waals surface area contributed by atoms with Gasteiger partial charge in [-0.3, -0.25) is 4.79 Å². The van der Waals surface area contributed by atoms with E-state index in [2.05, 4.69) is 23.3 Å². The molecule has 114 valence electrons. The van der Waals surface area contributed by atoms with Gasteiger partial charge in [0.1, 0.15) is 10.7 Å². The highest BCUT2D eigenvalue weighted by atomic mass is 32.1. The number of anilines is 2. The van der Waals surface area contributed by atoms with Crippen LogP contribution in [0.4, 0.5) is 10.9 Å². The maximum absolute atomic E-state index is 12.2. The summed E-state index contributed by atoms with van der Waals surface area (Å²) in [6.45, 7) is 3.61. The predicted molar refractivity (Wildman–Crippen MR) is 90.4 cm³/mol. The van der Waals surface area contributed by atoms with Crippen molar-refractivity contribution in [3.63, 3.8) is 0 Å². The fourth-order valence-electron chi connectivity index (χ4n) is 1.91. The Balaban J connectivity index is 1.92. The summed E-state index contributed by atoms with van der Waals surface area (Å²) in [6, 6.07) is 4.08. The van der Waals surface area contributed by atoms with Crippen LogP contribution in [0.3, 0.4) is 0 Å². The standard InChI is InChI=1S/C14H20N4OS2/c1-3-8-18(2)14-17-12(15)11(21-14)13(19)16-7-6-10-5-4-9-20-10/h4-5,9H,3,6-8,15H2,1-2H3,(H,16,19). The molecular formula is C14H20N4OS2. The van der Waals surface area contributed by atoms with Crippen LogP contribution in [0.2, 0.25) is 0 Å². The zero-order valence-electron chi connectivity index (χ0n) is 12.3. The summed E-state index contributed by atoms with van der Waals surface area (Å²) in [5.41, 5.74) is 5.86. The largest absolute Gasteiger partial charge is 0.382 e. The monoisotopic (exact) mass is 324 g/mol. The minimum Gasteiger partial charge on any atom is -0.382 e. The molecule has 0 saturated carbocycles. The van der Waals surface area contributed by atoms with Crippen LogP contribution in [0.15, 0.2) is 17.5 Å². The van der Waals surface area contributed by atoms with Gasteiger partial charge in [0.25, 0.3) is 5.91 Å². The number of nitrogens with zero attached hydrogens (tertiary/aromatic N) is 2. The van der Waals surface area contributed by atoms with E-state index < -0.39 is 0 Å². The molecule has 0 aliphatic rings. The lowest BCUT2D eigenvalue weighted by Crippen LogP contribution is -2.25. The molecule has 0 aliphatic carbocycles. The molecule has 21 heavy (non-hydrogen) atoms. The first kappa shape index (κ1) is 15.8. The molecule has 0 spiro atoms. The van der Waals surface area contributed by atoms with E-state index in [9.17, 15) is 4.79 Å². The maximum atomic E-state index is 12.2. The van der Waals surface area contributed by atoms with Crippen molar-refractivity contribution in [3.8, 4) is 0 Å². The number of carbonyl (C=O) groups is 1. The molecule has 2 aromatic rings. The zero-order chi connectivity index (χ0) is 15.2. The number of thiazole rings is 1. The highest BCUT2D eigenvalue weighted by Gasteiger charge is 2.17. The molecule has 2 aromatic heterocycles. The van der Waals surface area contributed by atoms with Crippen molar-refractivity contribution >= 4 is 39.5 Å². The predicted octanol–water partition coefficient (Wildman–Crippen LogP) is 2.61. The Morgan fingerprint density at radius 1 is 1.52 bits per heavy atom. The Bertz CT molecular complexity index is 580. The van der Waals surface area contributed by atoms with Gasteiger partial charge in [-0.1, -0.05) is 24.3 Å². The summed E-state index contributed by atoms with van der Waals surface area (Å²) in [5, 5.41) is 5.73. The minimum atomic E-state index is -0.141. The first-order valence-electron chi connectivity index (χ1n) is 6.89. The van der Waals surface area contributed by atoms with Crippen molar-refractivity contribution in [1.29, 1.82) is 0 Å². The first-order chi connectivity index (χ1) is 10.1. The second kappa shape index (κ2) is 7.42. The van der Waals surface area contributed by atoms with Crippen LogP contribution in [-0.2, 0) is 6.42 Å². The summed E-state index contributed by atoms with van der Waals surface area (Å²) in [4.78, 5) is 20.2. The van der Waals surface area contributed by atoms with Gasteiger partial charge in [0, 0.05) is 25.0 Å². The molecule has 0 saturated heterocycles. The lowest BCUT2D eigenvalue weighted by Gasteiger charge is -2.13. The number of nitrogen functional groups attached to an aromatic ring is 1. The van der Waals surface area contributed by atoms with Crippen LogP contribution in [0.25, 0.3) is 0 Å². The Kier molecular flexibility index (Phi) is 5.58. The molecule has 0 aliphatic heterocycles. The number of nitrogens with two attached hydrogens (primary N) is 1. The summed E-state index contributed by atoms with van der Waals surface area (Å²) in [6.07, 6.45) is 1.86. The quantitative estimate of drug-likeness (QED) is 0.821. The number of aromatic nitrogens is 1. The molecule has 0 fully saturated rings. The van der Waals surface area contributed by atoms with Crippen LogP contribution < -0.4 is 16.0 Å². The van der Waals surface area contributed by atoms with Gasteiger partial charge in [0.05, 0.1) is 0 Å². The number of thiophene rings is 1. The molecule has 0 unspecified atom stereocenters. The highest BCUT2D eigenvalue weighted by Crippen LogP contribution is 2.27. The van der Waals surface area contributed by atoms with Crippen molar-refractivity contribution in [2.75, 3.05) is 30.8 Å². The summed E-state index contributed by atoms with van der Waals surface area (Å²) >= 11 is 3.04. The van der Waals surface area contributed by atoms with Gasteiger partial charge in [-0.2, -0.15) is 0 Å². The van der Waals surface area contributed by atoms with E-state index in [0.29, 0.717) is 17.2 Å². The minimum absolute atomic E-state index is 0.141. The van der Waals surface area contributed by atoms with Gasteiger partial charge < -0.3 is 16.0 Å². The third kappa shape index (κ3) is 4.18. The van der Waals surface area contributed by atoms with Crippen LogP contribution in [0, 0.1) is 0 Å². The Morgan fingerprint density at radius 2 is 2.33 bits per heavy atom. The second-order valence-electron chi connectivity index (χ2n) is 4.72.